The molecule has 6 heteroatoms. The highest BCUT2D eigenvalue weighted by atomic mass is 16.5. The van der Waals surface area contributed by atoms with Gasteiger partial charge >= 0.3 is 0 Å². The van der Waals surface area contributed by atoms with Crippen LogP contribution in [0.1, 0.15) is 23.8 Å². The zero-order chi connectivity index (χ0) is 18.6. The molecular weight excluding hydrogens is 342 g/mol. The van der Waals surface area contributed by atoms with Crippen molar-refractivity contribution in [3.8, 4) is 11.5 Å². The van der Waals surface area contributed by atoms with Gasteiger partial charge in [0, 0.05) is 31.7 Å². The zero-order valence-corrected chi connectivity index (χ0v) is 15.6. The number of aromatic nitrogens is 1. The predicted octanol–water partition coefficient (Wildman–Crippen LogP) is 2.81. The molecule has 0 saturated carbocycles. The number of ether oxygens (including phenoxy) is 2. The molecule has 2 atom stereocenters. The highest BCUT2D eigenvalue weighted by molar-refractivity contribution is 5.92. The SMILES string of the molecule is C[C@@H]1[C@H](N2CCOCC2)CCN1C(=O)c1ccc(Oc2ccccc2)cn1. The molecule has 3 heterocycles. The van der Waals surface area contributed by atoms with E-state index in [1.807, 2.05) is 35.2 Å². The normalized spacial score (nSPS) is 23.4. The lowest BCUT2D eigenvalue weighted by molar-refractivity contribution is 0.0104. The second-order valence-corrected chi connectivity index (χ2v) is 7.04. The fraction of sp³-hybridized carbons (Fsp3) is 0.429. The number of carbonyl (C=O) groups is 1. The van der Waals surface area contributed by atoms with E-state index in [2.05, 4.69) is 16.8 Å². The molecule has 2 aliphatic rings. The molecule has 0 unspecified atom stereocenters. The Hall–Kier alpha value is -2.44. The van der Waals surface area contributed by atoms with Crippen molar-refractivity contribution in [3.05, 3.63) is 54.4 Å². The first kappa shape index (κ1) is 17.9. The summed E-state index contributed by atoms with van der Waals surface area (Å²) in [6.45, 7) is 6.36. The van der Waals surface area contributed by atoms with Gasteiger partial charge in [-0.2, -0.15) is 0 Å². The predicted molar refractivity (Wildman–Crippen MR) is 102 cm³/mol. The Morgan fingerprint density at radius 2 is 1.85 bits per heavy atom. The number of carbonyl (C=O) groups excluding carboxylic acids is 1. The van der Waals surface area contributed by atoms with Crippen LogP contribution in [-0.2, 0) is 4.74 Å². The molecule has 2 aromatic rings. The van der Waals surface area contributed by atoms with Crippen LogP contribution >= 0.6 is 0 Å². The number of benzene rings is 1. The van der Waals surface area contributed by atoms with Crippen molar-refractivity contribution < 1.29 is 14.3 Å². The van der Waals surface area contributed by atoms with Gasteiger partial charge in [-0.1, -0.05) is 18.2 Å². The van der Waals surface area contributed by atoms with Gasteiger partial charge in [0.25, 0.3) is 5.91 Å². The van der Waals surface area contributed by atoms with E-state index in [4.69, 9.17) is 9.47 Å². The first-order chi connectivity index (χ1) is 13.2. The van der Waals surface area contributed by atoms with Crippen LogP contribution in [-0.4, -0.2) is 65.6 Å². The van der Waals surface area contributed by atoms with Crippen LogP contribution < -0.4 is 4.74 Å². The van der Waals surface area contributed by atoms with Gasteiger partial charge in [-0.25, -0.2) is 4.98 Å². The highest BCUT2D eigenvalue weighted by Crippen LogP contribution is 2.26. The lowest BCUT2D eigenvalue weighted by Gasteiger charge is -2.35. The summed E-state index contributed by atoms with van der Waals surface area (Å²) in [5.41, 5.74) is 0.463. The van der Waals surface area contributed by atoms with Gasteiger partial charge in [-0.05, 0) is 37.6 Å². The molecule has 0 radical (unpaired) electrons. The molecule has 1 aromatic carbocycles. The zero-order valence-electron chi connectivity index (χ0n) is 15.6. The maximum atomic E-state index is 12.9. The van der Waals surface area contributed by atoms with Crippen LogP contribution in [0.2, 0.25) is 0 Å². The van der Waals surface area contributed by atoms with Crippen LogP contribution in [0.5, 0.6) is 11.5 Å². The first-order valence-corrected chi connectivity index (χ1v) is 9.54. The molecule has 1 amide bonds. The number of pyridine rings is 1. The highest BCUT2D eigenvalue weighted by Gasteiger charge is 2.38. The summed E-state index contributed by atoms with van der Waals surface area (Å²) in [6.07, 6.45) is 2.61. The fourth-order valence-corrected chi connectivity index (χ4v) is 3.95. The van der Waals surface area contributed by atoms with Crippen molar-refractivity contribution in [1.29, 1.82) is 0 Å². The molecule has 0 spiro atoms. The van der Waals surface area contributed by atoms with E-state index < -0.39 is 0 Å². The number of para-hydroxylation sites is 1. The lowest BCUT2D eigenvalue weighted by atomic mass is 10.1. The van der Waals surface area contributed by atoms with Gasteiger partial charge in [0.05, 0.1) is 19.4 Å². The summed E-state index contributed by atoms with van der Waals surface area (Å²) < 4.78 is 11.2. The standard InChI is InChI=1S/C21H25N3O3/c1-16-20(23-11-13-26-14-12-23)9-10-24(16)21(25)19-8-7-18(15-22-19)27-17-5-3-2-4-6-17/h2-8,15-16,20H,9-14H2,1H3/t16-,20-/m1/s1. The summed E-state index contributed by atoms with van der Waals surface area (Å²) in [6, 6.07) is 13.7. The van der Waals surface area contributed by atoms with Crippen LogP contribution in [0.3, 0.4) is 0 Å². The topological polar surface area (TPSA) is 54.9 Å². The quantitative estimate of drug-likeness (QED) is 0.832. The minimum atomic E-state index is -0.00970. The number of hydrogen-bond acceptors (Lipinski definition) is 5. The van der Waals surface area contributed by atoms with Crippen molar-refractivity contribution in [3.63, 3.8) is 0 Å². The summed E-state index contributed by atoms with van der Waals surface area (Å²) >= 11 is 0. The second kappa shape index (κ2) is 8.06. The minimum Gasteiger partial charge on any atom is -0.456 e. The van der Waals surface area contributed by atoms with E-state index in [9.17, 15) is 4.79 Å². The van der Waals surface area contributed by atoms with Crippen molar-refractivity contribution in [2.75, 3.05) is 32.8 Å². The molecule has 2 saturated heterocycles. The summed E-state index contributed by atoms with van der Waals surface area (Å²) in [5.74, 6) is 1.36. The largest absolute Gasteiger partial charge is 0.456 e. The molecule has 1 aromatic heterocycles. The second-order valence-electron chi connectivity index (χ2n) is 7.04. The first-order valence-electron chi connectivity index (χ1n) is 9.54. The molecule has 27 heavy (non-hydrogen) atoms. The Balaban J connectivity index is 1.40. The number of amides is 1. The van der Waals surface area contributed by atoms with Crippen LogP contribution in [0.25, 0.3) is 0 Å². The molecule has 2 aliphatic heterocycles. The van der Waals surface area contributed by atoms with Crippen molar-refractivity contribution >= 4 is 5.91 Å². The molecule has 0 aliphatic carbocycles. The number of nitrogens with zero attached hydrogens (tertiary/aromatic N) is 3. The molecule has 142 valence electrons. The van der Waals surface area contributed by atoms with Gasteiger partial charge in [-0.15, -0.1) is 0 Å². The van der Waals surface area contributed by atoms with Crippen LogP contribution in [0.4, 0.5) is 0 Å². The third kappa shape index (κ3) is 3.96. The summed E-state index contributed by atoms with van der Waals surface area (Å²) in [5, 5.41) is 0. The van der Waals surface area contributed by atoms with Gasteiger partial charge in [0.1, 0.15) is 17.2 Å². The monoisotopic (exact) mass is 367 g/mol. The van der Waals surface area contributed by atoms with Gasteiger partial charge in [-0.3, -0.25) is 9.69 Å². The lowest BCUT2D eigenvalue weighted by Crippen LogP contribution is -2.49. The maximum Gasteiger partial charge on any atom is 0.272 e. The van der Waals surface area contributed by atoms with E-state index in [1.165, 1.54) is 0 Å². The Morgan fingerprint density at radius 3 is 2.56 bits per heavy atom. The molecule has 6 nitrogen and oxygen atoms in total. The third-order valence-electron chi connectivity index (χ3n) is 5.42. The molecule has 4 rings (SSSR count). The smallest absolute Gasteiger partial charge is 0.272 e. The van der Waals surface area contributed by atoms with Gasteiger partial charge in [0.15, 0.2) is 0 Å². The minimum absolute atomic E-state index is 0.00970. The average Bonchev–Trinajstić information content (AvgIpc) is 3.11. The number of morpholine rings is 1. The molecule has 0 N–H and O–H groups in total. The van der Waals surface area contributed by atoms with E-state index in [-0.39, 0.29) is 11.9 Å². The van der Waals surface area contributed by atoms with Crippen LogP contribution in [0.15, 0.2) is 48.7 Å². The third-order valence-corrected chi connectivity index (χ3v) is 5.42. The fourth-order valence-electron chi connectivity index (χ4n) is 3.95. The van der Waals surface area contributed by atoms with Crippen molar-refractivity contribution in [1.82, 2.24) is 14.8 Å². The average molecular weight is 367 g/mol. The Bertz CT molecular complexity index is 760. The molecule has 2 fully saturated rings. The number of rotatable bonds is 4. The molecular formula is C21H25N3O3. The van der Waals surface area contributed by atoms with Gasteiger partial charge < -0.3 is 14.4 Å². The molecule has 0 bridgehead atoms. The number of likely N-dealkylation sites (tertiary alicyclic amines) is 1. The van der Waals surface area contributed by atoms with E-state index in [0.717, 1.165) is 45.0 Å². The Kier molecular flexibility index (Phi) is 5.36. The number of hydrogen-bond donors (Lipinski definition) is 0. The van der Waals surface area contributed by atoms with E-state index >= 15 is 0 Å². The van der Waals surface area contributed by atoms with Crippen LogP contribution in [0, 0.1) is 0 Å². The summed E-state index contributed by atoms with van der Waals surface area (Å²) in [4.78, 5) is 21.7. The van der Waals surface area contributed by atoms with Crippen molar-refractivity contribution in [2.24, 2.45) is 0 Å². The Morgan fingerprint density at radius 1 is 1.07 bits per heavy atom. The van der Waals surface area contributed by atoms with Crippen molar-refractivity contribution in [2.45, 2.75) is 25.4 Å². The maximum absolute atomic E-state index is 12.9. The van der Waals surface area contributed by atoms with E-state index in [0.29, 0.717) is 17.5 Å². The van der Waals surface area contributed by atoms with Gasteiger partial charge in [0.2, 0.25) is 0 Å². The summed E-state index contributed by atoms with van der Waals surface area (Å²) in [7, 11) is 0. The van der Waals surface area contributed by atoms with E-state index in [1.54, 1.807) is 18.3 Å². The Labute approximate surface area is 159 Å².